The van der Waals surface area contributed by atoms with Crippen molar-refractivity contribution >= 4 is 0 Å². The van der Waals surface area contributed by atoms with Crippen LogP contribution in [0.1, 0.15) is 142 Å². The van der Waals surface area contributed by atoms with E-state index in [0.29, 0.717) is 12.5 Å². The Morgan fingerprint density at radius 3 is 1.00 bits per heavy atom. The highest BCUT2D eigenvalue weighted by Crippen LogP contribution is 2.19. The Morgan fingerprint density at radius 2 is 0.720 bits per heavy atom. The Labute approximate surface area is 160 Å². The van der Waals surface area contributed by atoms with E-state index in [1.54, 1.807) is 0 Å². The molecule has 0 rings (SSSR count). The minimum absolute atomic E-state index is 0.410. The fourth-order valence-corrected chi connectivity index (χ4v) is 3.81. The summed E-state index contributed by atoms with van der Waals surface area (Å²) < 4.78 is 0. The standard InChI is InChI=1S/C24H50O/c1-3-5-7-9-11-12-13-14-15-16-18-20-22-24(23-25)21-19-17-10-8-6-4-2/h24-25H,3-23H2,1-2H3. The number of aliphatic hydroxyl groups is 1. The quantitative estimate of drug-likeness (QED) is 0.205. The van der Waals surface area contributed by atoms with E-state index in [0.717, 1.165) is 0 Å². The summed E-state index contributed by atoms with van der Waals surface area (Å²) in [5.74, 6) is 0.578. The molecule has 0 fully saturated rings. The largest absolute Gasteiger partial charge is 0.396 e. The van der Waals surface area contributed by atoms with Gasteiger partial charge in [-0.3, -0.25) is 0 Å². The second kappa shape index (κ2) is 22.0. The Kier molecular flexibility index (Phi) is 22.0. The molecule has 0 amide bonds. The van der Waals surface area contributed by atoms with Crippen molar-refractivity contribution in [1.82, 2.24) is 0 Å². The van der Waals surface area contributed by atoms with Crippen LogP contribution in [0, 0.1) is 5.92 Å². The molecule has 0 aromatic heterocycles. The molecule has 0 aliphatic heterocycles. The smallest absolute Gasteiger partial charge is 0.0459 e. The number of hydrogen-bond donors (Lipinski definition) is 1. The molecule has 0 aromatic carbocycles. The second-order valence-corrected chi connectivity index (χ2v) is 8.28. The third-order valence-electron chi connectivity index (χ3n) is 5.69. The van der Waals surface area contributed by atoms with Crippen molar-refractivity contribution in [3.05, 3.63) is 0 Å². The van der Waals surface area contributed by atoms with Crippen LogP contribution in [-0.4, -0.2) is 11.7 Å². The van der Waals surface area contributed by atoms with Gasteiger partial charge in [-0.05, 0) is 18.8 Å². The van der Waals surface area contributed by atoms with Crippen molar-refractivity contribution in [3.63, 3.8) is 0 Å². The van der Waals surface area contributed by atoms with Gasteiger partial charge in [-0.2, -0.15) is 0 Å². The van der Waals surface area contributed by atoms with Gasteiger partial charge in [0.2, 0.25) is 0 Å². The Morgan fingerprint density at radius 1 is 0.440 bits per heavy atom. The van der Waals surface area contributed by atoms with Crippen molar-refractivity contribution in [2.24, 2.45) is 5.92 Å². The molecule has 1 nitrogen and oxygen atoms in total. The molecule has 0 spiro atoms. The first-order chi connectivity index (χ1) is 12.3. The summed E-state index contributed by atoms with van der Waals surface area (Å²) in [6, 6.07) is 0. The van der Waals surface area contributed by atoms with E-state index in [4.69, 9.17) is 0 Å². The van der Waals surface area contributed by atoms with Crippen molar-refractivity contribution in [2.45, 2.75) is 142 Å². The minimum atomic E-state index is 0.410. The minimum Gasteiger partial charge on any atom is -0.396 e. The first-order valence-electron chi connectivity index (χ1n) is 12.0. The SMILES string of the molecule is CCCCCCCCCCCCCCC(CO)CCCCCCCC. The van der Waals surface area contributed by atoms with Crippen LogP contribution in [0.25, 0.3) is 0 Å². The Balaban J connectivity index is 3.24. The lowest BCUT2D eigenvalue weighted by atomic mass is 9.95. The van der Waals surface area contributed by atoms with Crippen molar-refractivity contribution < 1.29 is 5.11 Å². The van der Waals surface area contributed by atoms with Crippen LogP contribution in [0.5, 0.6) is 0 Å². The zero-order valence-corrected chi connectivity index (χ0v) is 17.9. The van der Waals surface area contributed by atoms with Gasteiger partial charge in [-0.15, -0.1) is 0 Å². The van der Waals surface area contributed by atoms with Gasteiger partial charge in [0.1, 0.15) is 0 Å². The van der Waals surface area contributed by atoms with Crippen LogP contribution in [0.2, 0.25) is 0 Å². The van der Waals surface area contributed by atoms with Crippen LogP contribution in [-0.2, 0) is 0 Å². The molecule has 0 aliphatic carbocycles. The fraction of sp³-hybridized carbons (Fsp3) is 1.00. The average Bonchev–Trinajstić information content (AvgIpc) is 2.63. The van der Waals surface area contributed by atoms with Crippen LogP contribution < -0.4 is 0 Å². The molecule has 25 heavy (non-hydrogen) atoms. The molecule has 0 aliphatic rings. The van der Waals surface area contributed by atoms with Crippen molar-refractivity contribution in [2.75, 3.05) is 6.61 Å². The molecule has 1 unspecified atom stereocenters. The maximum absolute atomic E-state index is 9.54. The lowest BCUT2D eigenvalue weighted by Gasteiger charge is -2.13. The molecule has 0 radical (unpaired) electrons. The van der Waals surface area contributed by atoms with Crippen LogP contribution in [0.15, 0.2) is 0 Å². The average molecular weight is 355 g/mol. The molecule has 0 aromatic rings. The Hall–Kier alpha value is -0.0400. The number of rotatable bonds is 21. The molecular formula is C24H50O. The predicted octanol–water partition coefficient (Wildman–Crippen LogP) is 8.44. The zero-order valence-electron chi connectivity index (χ0n) is 17.9. The molecule has 1 heteroatoms. The lowest BCUT2D eigenvalue weighted by Crippen LogP contribution is -2.06. The number of hydrogen-bond acceptors (Lipinski definition) is 1. The summed E-state index contributed by atoms with van der Waals surface area (Å²) in [6.45, 7) is 4.97. The normalized spacial score (nSPS) is 12.6. The fourth-order valence-electron chi connectivity index (χ4n) is 3.81. The van der Waals surface area contributed by atoms with Gasteiger partial charge in [0, 0.05) is 6.61 Å². The van der Waals surface area contributed by atoms with Crippen LogP contribution in [0.3, 0.4) is 0 Å². The highest BCUT2D eigenvalue weighted by atomic mass is 16.3. The summed E-state index contributed by atoms with van der Waals surface area (Å²) in [7, 11) is 0. The second-order valence-electron chi connectivity index (χ2n) is 8.28. The highest BCUT2D eigenvalue weighted by Gasteiger charge is 2.06. The van der Waals surface area contributed by atoms with Gasteiger partial charge in [0.15, 0.2) is 0 Å². The first-order valence-corrected chi connectivity index (χ1v) is 12.0. The molecule has 0 saturated heterocycles. The van der Waals surface area contributed by atoms with Gasteiger partial charge >= 0.3 is 0 Å². The summed E-state index contributed by atoms with van der Waals surface area (Å²) in [4.78, 5) is 0. The van der Waals surface area contributed by atoms with E-state index in [2.05, 4.69) is 13.8 Å². The van der Waals surface area contributed by atoms with Gasteiger partial charge < -0.3 is 5.11 Å². The molecule has 1 N–H and O–H groups in total. The van der Waals surface area contributed by atoms with Crippen LogP contribution >= 0.6 is 0 Å². The molecular weight excluding hydrogens is 304 g/mol. The molecule has 0 heterocycles. The third-order valence-corrected chi connectivity index (χ3v) is 5.69. The van der Waals surface area contributed by atoms with Gasteiger partial charge in [0.05, 0.1) is 0 Å². The molecule has 0 saturated carbocycles. The molecule has 152 valence electrons. The van der Waals surface area contributed by atoms with E-state index in [1.807, 2.05) is 0 Å². The zero-order chi connectivity index (χ0) is 18.4. The van der Waals surface area contributed by atoms with Gasteiger partial charge in [0.25, 0.3) is 0 Å². The third kappa shape index (κ3) is 20.1. The lowest BCUT2D eigenvalue weighted by molar-refractivity contribution is 0.204. The first kappa shape index (κ1) is 25.0. The van der Waals surface area contributed by atoms with Crippen molar-refractivity contribution in [3.8, 4) is 0 Å². The summed E-state index contributed by atoms with van der Waals surface area (Å²) in [5, 5.41) is 9.54. The highest BCUT2D eigenvalue weighted by molar-refractivity contribution is 4.59. The Bertz CT molecular complexity index is 226. The number of aliphatic hydroxyl groups excluding tert-OH is 1. The summed E-state index contributed by atoms with van der Waals surface area (Å²) >= 11 is 0. The maximum atomic E-state index is 9.54. The summed E-state index contributed by atoms with van der Waals surface area (Å²) in [6.07, 6.45) is 27.7. The molecule has 1 atom stereocenters. The monoisotopic (exact) mass is 354 g/mol. The topological polar surface area (TPSA) is 20.2 Å². The van der Waals surface area contributed by atoms with E-state index in [-0.39, 0.29) is 0 Å². The van der Waals surface area contributed by atoms with E-state index in [1.165, 1.54) is 128 Å². The summed E-state index contributed by atoms with van der Waals surface area (Å²) in [5.41, 5.74) is 0. The van der Waals surface area contributed by atoms with Crippen LogP contribution in [0.4, 0.5) is 0 Å². The number of unbranched alkanes of at least 4 members (excludes halogenated alkanes) is 16. The maximum Gasteiger partial charge on any atom is 0.0459 e. The van der Waals surface area contributed by atoms with E-state index in [9.17, 15) is 5.11 Å². The predicted molar refractivity (Wildman–Crippen MR) is 114 cm³/mol. The van der Waals surface area contributed by atoms with Gasteiger partial charge in [-0.25, -0.2) is 0 Å². The van der Waals surface area contributed by atoms with E-state index < -0.39 is 0 Å². The van der Waals surface area contributed by atoms with Gasteiger partial charge in [-0.1, -0.05) is 129 Å². The van der Waals surface area contributed by atoms with E-state index >= 15 is 0 Å². The molecule has 0 bridgehead atoms. The van der Waals surface area contributed by atoms with Crippen molar-refractivity contribution in [1.29, 1.82) is 0 Å².